The maximum atomic E-state index is 9.42. The highest BCUT2D eigenvalue weighted by molar-refractivity contribution is 5.06. The van der Waals surface area contributed by atoms with Crippen LogP contribution in [0.3, 0.4) is 0 Å². The van der Waals surface area contributed by atoms with E-state index in [4.69, 9.17) is 0 Å². The van der Waals surface area contributed by atoms with Gasteiger partial charge < -0.3 is 14.6 Å². The molecule has 19 heavy (non-hydrogen) atoms. The van der Waals surface area contributed by atoms with Crippen LogP contribution < -0.4 is 0 Å². The highest BCUT2D eigenvalue weighted by Gasteiger charge is 2.28. The molecule has 1 aromatic heterocycles. The summed E-state index contributed by atoms with van der Waals surface area (Å²) in [6, 6.07) is 0.632. The molecule has 2 aliphatic rings. The molecule has 106 valence electrons. The maximum absolute atomic E-state index is 9.42. The van der Waals surface area contributed by atoms with E-state index in [1.165, 1.54) is 19.4 Å². The van der Waals surface area contributed by atoms with Crippen molar-refractivity contribution in [3.05, 3.63) is 11.6 Å². The van der Waals surface area contributed by atoms with Crippen LogP contribution in [0.1, 0.15) is 50.2 Å². The summed E-state index contributed by atoms with van der Waals surface area (Å²) in [5.41, 5.74) is 0. The van der Waals surface area contributed by atoms with Crippen LogP contribution in [-0.4, -0.2) is 50.5 Å². The number of aromatic nitrogens is 3. The van der Waals surface area contributed by atoms with E-state index in [2.05, 4.69) is 26.6 Å². The van der Waals surface area contributed by atoms with Crippen molar-refractivity contribution in [2.24, 2.45) is 0 Å². The van der Waals surface area contributed by atoms with Gasteiger partial charge in [0.1, 0.15) is 11.6 Å². The lowest BCUT2D eigenvalue weighted by Crippen LogP contribution is -2.32. The summed E-state index contributed by atoms with van der Waals surface area (Å²) < 4.78 is 2.26. The summed E-state index contributed by atoms with van der Waals surface area (Å²) in [5.74, 6) is 2.32. The Balaban J connectivity index is 1.77. The molecule has 3 rings (SSSR count). The molecule has 0 bridgehead atoms. The molecule has 1 saturated heterocycles. The Morgan fingerprint density at radius 2 is 2.05 bits per heavy atom. The van der Waals surface area contributed by atoms with Gasteiger partial charge in [-0.15, -0.1) is 10.2 Å². The second-order valence-corrected chi connectivity index (χ2v) is 5.78. The third kappa shape index (κ3) is 2.41. The fraction of sp³-hybridized carbons (Fsp3) is 0.857. The summed E-state index contributed by atoms with van der Waals surface area (Å²) in [5, 5.41) is 18.2. The van der Waals surface area contributed by atoms with Gasteiger partial charge in [-0.3, -0.25) is 0 Å². The molecule has 0 saturated carbocycles. The quantitative estimate of drug-likeness (QED) is 0.887. The zero-order valence-corrected chi connectivity index (χ0v) is 11.8. The molecule has 2 aliphatic heterocycles. The van der Waals surface area contributed by atoms with Crippen molar-refractivity contribution in [1.82, 2.24) is 19.7 Å². The average molecular weight is 264 g/mol. The molecule has 0 amide bonds. The van der Waals surface area contributed by atoms with E-state index in [1.807, 2.05) is 0 Å². The first-order chi connectivity index (χ1) is 9.33. The molecule has 5 heteroatoms. The van der Waals surface area contributed by atoms with Gasteiger partial charge in [-0.05, 0) is 38.8 Å². The molecule has 1 N–H and O–H groups in total. The molecule has 1 fully saturated rings. The Morgan fingerprint density at radius 1 is 1.21 bits per heavy atom. The molecule has 0 aromatic carbocycles. The minimum absolute atomic E-state index is 0.195. The zero-order valence-electron chi connectivity index (χ0n) is 11.8. The van der Waals surface area contributed by atoms with E-state index in [-0.39, 0.29) is 12.5 Å². The highest BCUT2D eigenvalue weighted by Crippen LogP contribution is 2.27. The standard InChI is InChI=1S/C14H24N4O/c1-2-17-7-4-6-12(17)9-13-15-16-14-11(10-19)5-3-8-18(13)14/h11-12,19H,2-10H2,1H3. The van der Waals surface area contributed by atoms with Crippen molar-refractivity contribution < 1.29 is 5.11 Å². The third-order valence-electron chi connectivity index (χ3n) is 4.70. The van der Waals surface area contributed by atoms with Crippen LogP contribution in [0.25, 0.3) is 0 Å². The average Bonchev–Trinajstić information content (AvgIpc) is 3.06. The first-order valence-electron chi connectivity index (χ1n) is 7.60. The van der Waals surface area contributed by atoms with E-state index in [1.54, 1.807) is 0 Å². The summed E-state index contributed by atoms with van der Waals surface area (Å²) in [4.78, 5) is 2.55. The lowest BCUT2D eigenvalue weighted by Gasteiger charge is -2.25. The van der Waals surface area contributed by atoms with Crippen molar-refractivity contribution in [2.75, 3.05) is 19.7 Å². The smallest absolute Gasteiger partial charge is 0.138 e. The number of likely N-dealkylation sites (tertiary alicyclic amines) is 1. The van der Waals surface area contributed by atoms with Gasteiger partial charge in [0.15, 0.2) is 0 Å². The van der Waals surface area contributed by atoms with Gasteiger partial charge >= 0.3 is 0 Å². The van der Waals surface area contributed by atoms with E-state index >= 15 is 0 Å². The number of nitrogens with zero attached hydrogens (tertiary/aromatic N) is 4. The number of aliphatic hydroxyl groups excluding tert-OH is 1. The van der Waals surface area contributed by atoms with Gasteiger partial charge in [-0.1, -0.05) is 6.92 Å². The topological polar surface area (TPSA) is 54.2 Å². The number of hydrogen-bond acceptors (Lipinski definition) is 4. The summed E-state index contributed by atoms with van der Waals surface area (Å²) in [6.07, 6.45) is 5.77. The van der Waals surface area contributed by atoms with Gasteiger partial charge in [-0.2, -0.15) is 0 Å². The SMILES string of the molecule is CCN1CCCC1Cc1nnc2n1CCCC2CO. The summed E-state index contributed by atoms with van der Waals surface area (Å²) in [7, 11) is 0. The van der Waals surface area contributed by atoms with Crippen LogP contribution in [0, 0.1) is 0 Å². The van der Waals surface area contributed by atoms with Crippen molar-refractivity contribution in [3.63, 3.8) is 0 Å². The number of aliphatic hydroxyl groups is 1. The maximum Gasteiger partial charge on any atom is 0.138 e. The lowest BCUT2D eigenvalue weighted by atomic mass is 9.99. The van der Waals surface area contributed by atoms with Gasteiger partial charge in [0.05, 0.1) is 6.61 Å². The van der Waals surface area contributed by atoms with Gasteiger partial charge in [0, 0.05) is 24.9 Å². The van der Waals surface area contributed by atoms with Crippen molar-refractivity contribution >= 4 is 0 Å². The van der Waals surface area contributed by atoms with Gasteiger partial charge in [0.25, 0.3) is 0 Å². The highest BCUT2D eigenvalue weighted by atomic mass is 16.3. The first kappa shape index (κ1) is 13.1. The van der Waals surface area contributed by atoms with Crippen molar-refractivity contribution in [1.29, 1.82) is 0 Å². The fourth-order valence-corrected chi connectivity index (χ4v) is 3.60. The number of likely N-dealkylation sites (N-methyl/N-ethyl adjacent to an activating group) is 1. The van der Waals surface area contributed by atoms with E-state index < -0.39 is 0 Å². The third-order valence-corrected chi connectivity index (χ3v) is 4.70. The molecule has 0 aliphatic carbocycles. The van der Waals surface area contributed by atoms with Crippen LogP contribution in [0.4, 0.5) is 0 Å². The fourth-order valence-electron chi connectivity index (χ4n) is 3.60. The van der Waals surface area contributed by atoms with E-state index in [9.17, 15) is 5.11 Å². The second-order valence-electron chi connectivity index (χ2n) is 5.78. The monoisotopic (exact) mass is 264 g/mol. The van der Waals surface area contributed by atoms with Crippen molar-refractivity contribution in [3.8, 4) is 0 Å². The lowest BCUT2D eigenvalue weighted by molar-refractivity contribution is 0.234. The molecule has 2 unspecified atom stereocenters. The minimum Gasteiger partial charge on any atom is -0.396 e. The number of hydrogen-bond donors (Lipinski definition) is 1. The Morgan fingerprint density at radius 3 is 2.84 bits per heavy atom. The van der Waals surface area contributed by atoms with Gasteiger partial charge in [-0.25, -0.2) is 0 Å². The Labute approximate surface area is 114 Å². The van der Waals surface area contributed by atoms with Crippen LogP contribution >= 0.6 is 0 Å². The van der Waals surface area contributed by atoms with Crippen LogP contribution in [0.5, 0.6) is 0 Å². The Bertz CT molecular complexity index is 431. The predicted octanol–water partition coefficient (Wildman–Crippen LogP) is 1.17. The molecule has 2 atom stereocenters. The van der Waals surface area contributed by atoms with Gasteiger partial charge in [0.2, 0.25) is 0 Å². The predicted molar refractivity (Wildman–Crippen MR) is 73.1 cm³/mol. The molecule has 3 heterocycles. The minimum atomic E-state index is 0.195. The Hall–Kier alpha value is -0.940. The van der Waals surface area contributed by atoms with Crippen LogP contribution in [0.2, 0.25) is 0 Å². The van der Waals surface area contributed by atoms with Crippen LogP contribution in [-0.2, 0) is 13.0 Å². The molecular weight excluding hydrogens is 240 g/mol. The largest absolute Gasteiger partial charge is 0.396 e. The molecule has 0 radical (unpaired) electrons. The summed E-state index contributed by atoms with van der Waals surface area (Å²) in [6.45, 7) is 5.81. The second kappa shape index (κ2) is 5.59. The number of rotatable bonds is 4. The normalized spacial score (nSPS) is 27.7. The van der Waals surface area contributed by atoms with E-state index in [0.717, 1.165) is 44.0 Å². The Kier molecular flexibility index (Phi) is 3.84. The molecule has 0 spiro atoms. The zero-order chi connectivity index (χ0) is 13.2. The van der Waals surface area contributed by atoms with Crippen molar-refractivity contribution in [2.45, 2.75) is 57.5 Å². The molecular formula is C14H24N4O. The first-order valence-corrected chi connectivity index (χ1v) is 7.60. The van der Waals surface area contributed by atoms with E-state index in [0.29, 0.717) is 6.04 Å². The molecule has 5 nitrogen and oxygen atoms in total. The summed E-state index contributed by atoms with van der Waals surface area (Å²) >= 11 is 0. The number of fused-ring (bicyclic) bond motifs is 1. The molecule has 1 aromatic rings. The van der Waals surface area contributed by atoms with Crippen LogP contribution in [0.15, 0.2) is 0 Å².